The number of amides is 1. The van der Waals surface area contributed by atoms with Crippen molar-refractivity contribution in [2.24, 2.45) is 4.99 Å². The third-order valence-electron chi connectivity index (χ3n) is 7.23. The summed E-state index contributed by atoms with van der Waals surface area (Å²) in [4.78, 5) is 21.4. The number of fused-ring (bicyclic) bond motifs is 1. The van der Waals surface area contributed by atoms with Gasteiger partial charge in [0.1, 0.15) is 0 Å². The van der Waals surface area contributed by atoms with Gasteiger partial charge in [-0.3, -0.25) is 4.79 Å². The van der Waals surface area contributed by atoms with Crippen molar-refractivity contribution in [3.8, 4) is 5.88 Å². The highest BCUT2D eigenvalue weighted by Crippen LogP contribution is 2.48. The molecule has 0 radical (unpaired) electrons. The van der Waals surface area contributed by atoms with Crippen LogP contribution in [-0.4, -0.2) is 21.7 Å². The predicted octanol–water partition coefficient (Wildman–Crippen LogP) is 5.92. The molecular weight excluding hydrogens is 420 g/mol. The molecule has 2 atom stereocenters. The zero-order valence-corrected chi connectivity index (χ0v) is 18.6. The van der Waals surface area contributed by atoms with Crippen molar-refractivity contribution in [2.75, 3.05) is 0 Å². The summed E-state index contributed by atoms with van der Waals surface area (Å²) in [5.74, 6) is -0.320. The lowest BCUT2D eigenvalue weighted by atomic mass is 9.69. The van der Waals surface area contributed by atoms with E-state index in [1.54, 1.807) is 0 Å². The normalized spacial score (nSPS) is 24.9. The minimum Gasteiger partial charge on any atom is -0.494 e. The van der Waals surface area contributed by atoms with E-state index >= 15 is 0 Å². The molecule has 0 saturated heterocycles. The first-order chi connectivity index (χ1) is 16.7. The number of aromatic amines is 1. The van der Waals surface area contributed by atoms with E-state index in [1.165, 1.54) is 0 Å². The third kappa shape index (κ3) is 2.85. The molecule has 3 aliphatic rings. The SMILES string of the molecule is O=C1N=C(C2(c3ccccc3)C=CC=CC2)c2c(O)[nH]c(C3(c4ccccc4)C=CC=CC3)c21. The van der Waals surface area contributed by atoms with Crippen LogP contribution in [0.1, 0.15) is 45.6 Å². The Morgan fingerprint density at radius 1 is 0.735 bits per heavy atom. The van der Waals surface area contributed by atoms with E-state index in [0.717, 1.165) is 11.1 Å². The molecule has 4 nitrogen and oxygen atoms in total. The highest BCUT2D eigenvalue weighted by Gasteiger charge is 2.47. The maximum atomic E-state index is 13.5. The Morgan fingerprint density at radius 3 is 1.85 bits per heavy atom. The number of benzene rings is 2. The average Bonchev–Trinajstić information content (AvgIpc) is 3.44. The van der Waals surface area contributed by atoms with E-state index in [4.69, 9.17) is 0 Å². The van der Waals surface area contributed by atoms with Crippen LogP contribution >= 0.6 is 0 Å². The number of allylic oxidation sites excluding steroid dienone is 8. The molecule has 6 rings (SSSR count). The summed E-state index contributed by atoms with van der Waals surface area (Å²) < 4.78 is 0. The second-order valence-corrected chi connectivity index (χ2v) is 9.02. The predicted molar refractivity (Wildman–Crippen MR) is 134 cm³/mol. The number of aromatic nitrogens is 1. The zero-order chi connectivity index (χ0) is 23.2. The molecule has 0 fully saturated rings. The fraction of sp³-hybridized carbons (Fsp3) is 0.133. The highest BCUT2D eigenvalue weighted by atomic mass is 16.3. The standard InChI is InChI=1S/C30H24N2O2/c33-27-23-24(26(32-27)30(19-11-4-12-20-30)22-15-7-2-8-16-22)28(34)31-25(23)29(17-9-3-10-18-29)21-13-5-1-6-14-21/h1-17,19,31,34H,18,20H2. The van der Waals surface area contributed by atoms with Gasteiger partial charge in [-0.25, -0.2) is 4.99 Å². The van der Waals surface area contributed by atoms with Crippen molar-refractivity contribution < 1.29 is 9.90 Å². The van der Waals surface area contributed by atoms with Gasteiger partial charge in [-0.2, -0.15) is 0 Å². The molecule has 2 aromatic carbocycles. The maximum Gasteiger partial charge on any atom is 0.279 e. The summed E-state index contributed by atoms with van der Waals surface area (Å²) in [5.41, 5.74) is 3.14. The van der Waals surface area contributed by atoms with E-state index in [1.807, 2.05) is 60.7 Å². The van der Waals surface area contributed by atoms with Gasteiger partial charge >= 0.3 is 0 Å². The van der Waals surface area contributed by atoms with Gasteiger partial charge in [-0.15, -0.1) is 0 Å². The van der Waals surface area contributed by atoms with E-state index in [9.17, 15) is 9.90 Å². The summed E-state index contributed by atoms with van der Waals surface area (Å²) in [6, 6.07) is 20.2. The van der Waals surface area contributed by atoms with Gasteiger partial charge in [0.05, 0.1) is 27.7 Å². The van der Waals surface area contributed by atoms with Crippen LogP contribution in [0.3, 0.4) is 0 Å². The van der Waals surface area contributed by atoms with Crippen molar-refractivity contribution in [2.45, 2.75) is 23.7 Å². The van der Waals surface area contributed by atoms with Crippen molar-refractivity contribution in [3.63, 3.8) is 0 Å². The quantitative estimate of drug-likeness (QED) is 0.525. The number of nitrogens with one attached hydrogen (secondary N) is 1. The molecule has 2 unspecified atom stereocenters. The molecule has 0 bridgehead atoms. The fourth-order valence-corrected chi connectivity index (χ4v) is 5.58. The summed E-state index contributed by atoms with van der Waals surface area (Å²) in [6.07, 6.45) is 17.7. The number of hydrogen-bond donors (Lipinski definition) is 2. The first-order valence-electron chi connectivity index (χ1n) is 11.5. The van der Waals surface area contributed by atoms with Crippen LogP contribution in [0.5, 0.6) is 5.88 Å². The van der Waals surface area contributed by atoms with Crippen molar-refractivity contribution in [1.29, 1.82) is 0 Å². The first-order valence-corrected chi connectivity index (χ1v) is 11.5. The summed E-state index contributed by atoms with van der Waals surface area (Å²) in [5, 5.41) is 11.3. The van der Waals surface area contributed by atoms with Crippen LogP contribution in [0.15, 0.2) is 114 Å². The summed E-state index contributed by atoms with van der Waals surface area (Å²) in [7, 11) is 0. The van der Waals surface area contributed by atoms with Gasteiger partial charge in [-0.05, 0) is 24.0 Å². The number of H-pyrrole nitrogens is 1. The number of aliphatic imine (C=N–C) groups is 1. The molecule has 2 N–H and O–H groups in total. The molecule has 0 spiro atoms. The van der Waals surface area contributed by atoms with E-state index < -0.39 is 10.8 Å². The minimum atomic E-state index is -0.629. The molecule has 1 amide bonds. The fourth-order valence-electron chi connectivity index (χ4n) is 5.58. The number of carbonyl (C=O) groups excluding carboxylic acids is 1. The molecular formula is C30H24N2O2. The molecule has 1 aliphatic heterocycles. The lowest BCUT2D eigenvalue weighted by molar-refractivity contribution is 0.100. The molecule has 166 valence electrons. The zero-order valence-electron chi connectivity index (χ0n) is 18.6. The van der Waals surface area contributed by atoms with Crippen LogP contribution in [0, 0.1) is 0 Å². The van der Waals surface area contributed by atoms with Gasteiger partial charge in [-0.1, -0.05) is 109 Å². The highest BCUT2D eigenvalue weighted by molar-refractivity contribution is 6.27. The molecule has 2 heterocycles. The molecule has 4 heteroatoms. The van der Waals surface area contributed by atoms with Crippen LogP contribution in [0.25, 0.3) is 0 Å². The van der Waals surface area contributed by atoms with Crippen LogP contribution in [-0.2, 0) is 10.8 Å². The topological polar surface area (TPSA) is 65.4 Å². The molecule has 3 aromatic rings. The number of nitrogens with zero attached hydrogens (tertiary/aromatic N) is 1. The summed E-state index contributed by atoms with van der Waals surface area (Å²) >= 11 is 0. The Labute approximate surface area is 198 Å². The Morgan fingerprint density at radius 2 is 1.29 bits per heavy atom. The monoisotopic (exact) mass is 444 g/mol. The Hall–Kier alpha value is -4.18. The van der Waals surface area contributed by atoms with Crippen molar-refractivity contribution >= 4 is 11.6 Å². The van der Waals surface area contributed by atoms with Gasteiger partial charge < -0.3 is 10.1 Å². The van der Waals surface area contributed by atoms with Gasteiger partial charge in [0, 0.05) is 5.69 Å². The third-order valence-corrected chi connectivity index (χ3v) is 7.23. The minimum absolute atomic E-state index is 0.00822. The molecule has 0 saturated carbocycles. The lowest BCUT2D eigenvalue weighted by Gasteiger charge is -2.32. The molecule has 1 aromatic heterocycles. The Kier molecular flexibility index (Phi) is 4.63. The number of hydrogen-bond acceptors (Lipinski definition) is 2. The lowest BCUT2D eigenvalue weighted by Crippen LogP contribution is -2.34. The van der Waals surface area contributed by atoms with Crippen molar-refractivity contribution in [3.05, 3.63) is 137 Å². The Balaban J connectivity index is 1.57. The second-order valence-electron chi connectivity index (χ2n) is 9.02. The van der Waals surface area contributed by atoms with E-state index in [2.05, 4.69) is 58.5 Å². The smallest absolute Gasteiger partial charge is 0.279 e. The van der Waals surface area contributed by atoms with Gasteiger partial charge in [0.2, 0.25) is 0 Å². The Bertz CT molecular complexity index is 1420. The summed E-state index contributed by atoms with van der Waals surface area (Å²) in [6.45, 7) is 0. The van der Waals surface area contributed by atoms with Gasteiger partial charge in [0.15, 0.2) is 5.88 Å². The van der Waals surface area contributed by atoms with E-state index in [0.29, 0.717) is 35.4 Å². The van der Waals surface area contributed by atoms with Crippen LogP contribution < -0.4 is 0 Å². The molecule has 2 aliphatic carbocycles. The largest absolute Gasteiger partial charge is 0.494 e. The first kappa shape index (κ1) is 20.4. The second kappa shape index (κ2) is 7.70. The van der Waals surface area contributed by atoms with Crippen LogP contribution in [0.2, 0.25) is 0 Å². The number of aromatic hydroxyl groups is 1. The number of carbonyl (C=O) groups is 1. The number of rotatable bonds is 4. The maximum absolute atomic E-state index is 13.5. The average molecular weight is 445 g/mol. The van der Waals surface area contributed by atoms with Crippen molar-refractivity contribution in [1.82, 2.24) is 4.98 Å². The van der Waals surface area contributed by atoms with Gasteiger partial charge in [0.25, 0.3) is 5.91 Å². The van der Waals surface area contributed by atoms with Crippen LogP contribution in [0.4, 0.5) is 0 Å². The molecule has 34 heavy (non-hydrogen) atoms. The van der Waals surface area contributed by atoms with E-state index in [-0.39, 0.29) is 11.8 Å².